The number of carboxylic acids is 1. The van der Waals surface area contributed by atoms with Gasteiger partial charge in [-0.25, -0.2) is 9.18 Å². The molecular weight excluding hydrogens is 311 g/mol. The number of hydrogen-bond acceptors (Lipinski definition) is 2. The summed E-state index contributed by atoms with van der Waals surface area (Å²) in [5.74, 6) is -1.48. The molecule has 2 aliphatic rings. The number of rotatable bonds is 2. The monoisotopic (exact) mass is 326 g/mol. The highest BCUT2D eigenvalue weighted by molar-refractivity contribution is 6.30. The molecule has 1 heterocycles. The summed E-state index contributed by atoms with van der Waals surface area (Å²) < 4.78 is 13.7. The van der Waals surface area contributed by atoms with E-state index in [4.69, 9.17) is 11.6 Å². The van der Waals surface area contributed by atoms with Crippen LogP contribution in [0.4, 0.5) is 14.9 Å². The summed E-state index contributed by atoms with van der Waals surface area (Å²) in [6.45, 7) is 0.571. The molecule has 0 radical (unpaired) electrons. The molecular formula is C15H16ClFN2O3. The van der Waals surface area contributed by atoms with Crippen molar-refractivity contribution in [1.29, 1.82) is 0 Å². The number of carbonyl (C=O) groups excluding carboxylic acids is 1. The molecule has 5 nitrogen and oxygen atoms in total. The van der Waals surface area contributed by atoms with Crippen LogP contribution in [0.25, 0.3) is 0 Å². The molecule has 1 aliphatic heterocycles. The Morgan fingerprint density at radius 1 is 1.45 bits per heavy atom. The largest absolute Gasteiger partial charge is 0.481 e. The fourth-order valence-corrected chi connectivity index (χ4v) is 3.74. The van der Waals surface area contributed by atoms with Gasteiger partial charge in [0.25, 0.3) is 0 Å². The van der Waals surface area contributed by atoms with Crippen LogP contribution in [0.2, 0.25) is 5.02 Å². The van der Waals surface area contributed by atoms with Crippen LogP contribution < -0.4 is 5.32 Å². The van der Waals surface area contributed by atoms with E-state index < -0.39 is 23.2 Å². The van der Waals surface area contributed by atoms with Crippen molar-refractivity contribution in [2.24, 2.45) is 11.3 Å². The minimum Gasteiger partial charge on any atom is -0.481 e. The molecule has 22 heavy (non-hydrogen) atoms. The summed E-state index contributed by atoms with van der Waals surface area (Å²) in [5.41, 5.74) is -0.800. The highest BCUT2D eigenvalue weighted by atomic mass is 35.5. The van der Waals surface area contributed by atoms with E-state index in [0.29, 0.717) is 13.0 Å². The number of likely N-dealkylation sites (tertiary alicyclic amines) is 1. The number of nitrogens with one attached hydrogen (secondary N) is 1. The average Bonchev–Trinajstić information content (AvgIpc) is 2.99. The molecule has 1 aromatic carbocycles. The lowest BCUT2D eigenvalue weighted by Crippen LogP contribution is -2.38. The molecule has 2 amide bonds. The average molecular weight is 327 g/mol. The Morgan fingerprint density at radius 3 is 2.86 bits per heavy atom. The molecule has 2 atom stereocenters. The topological polar surface area (TPSA) is 69.6 Å². The molecule has 2 fully saturated rings. The molecule has 1 aliphatic carbocycles. The molecule has 1 saturated heterocycles. The number of anilines is 1. The third-order valence-electron chi connectivity index (χ3n) is 4.76. The first-order valence-electron chi connectivity index (χ1n) is 7.17. The number of hydrogen-bond donors (Lipinski definition) is 2. The highest BCUT2D eigenvalue weighted by Gasteiger charge is 2.55. The van der Waals surface area contributed by atoms with Gasteiger partial charge in [-0.1, -0.05) is 18.0 Å². The van der Waals surface area contributed by atoms with E-state index in [1.807, 2.05) is 0 Å². The number of halogens is 2. The van der Waals surface area contributed by atoms with E-state index in [1.54, 1.807) is 0 Å². The van der Waals surface area contributed by atoms with Gasteiger partial charge in [0.05, 0.1) is 11.1 Å². The lowest BCUT2D eigenvalue weighted by atomic mass is 9.81. The Balaban J connectivity index is 1.73. The van der Waals surface area contributed by atoms with Crippen LogP contribution in [-0.2, 0) is 4.79 Å². The van der Waals surface area contributed by atoms with Crippen LogP contribution in [0, 0.1) is 17.2 Å². The van der Waals surface area contributed by atoms with E-state index >= 15 is 0 Å². The molecule has 2 N–H and O–H groups in total. The van der Waals surface area contributed by atoms with Crippen molar-refractivity contribution >= 4 is 29.3 Å². The number of amides is 2. The van der Waals surface area contributed by atoms with Crippen molar-refractivity contribution in [2.75, 3.05) is 18.4 Å². The van der Waals surface area contributed by atoms with Gasteiger partial charge >= 0.3 is 12.0 Å². The lowest BCUT2D eigenvalue weighted by Gasteiger charge is -2.23. The van der Waals surface area contributed by atoms with Gasteiger partial charge in [-0.15, -0.1) is 0 Å². The van der Waals surface area contributed by atoms with E-state index in [2.05, 4.69) is 5.32 Å². The van der Waals surface area contributed by atoms with Crippen LogP contribution in [0.15, 0.2) is 18.2 Å². The minimum atomic E-state index is -0.844. The molecule has 1 saturated carbocycles. The second-order valence-corrected chi connectivity index (χ2v) is 6.42. The first-order chi connectivity index (χ1) is 10.4. The quantitative estimate of drug-likeness (QED) is 0.876. The number of carboxylic acid groups (broad SMARTS) is 1. The molecule has 118 valence electrons. The predicted molar refractivity (Wildman–Crippen MR) is 79.4 cm³/mol. The van der Waals surface area contributed by atoms with Crippen molar-refractivity contribution in [3.05, 3.63) is 29.0 Å². The van der Waals surface area contributed by atoms with Gasteiger partial charge in [0.2, 0.25) is 0 Å². The fraction of sp³-hybridized carbons (Fsp3) is 0.467. The summed E-state index contributed by atoms with van der Waals surface area (Å²) in [6.07, 6.45) is 2.27. The predicted octanol–water partition coefficient (Wildman–Crippen LogP) is 3.20. The van der Waals surface area contributed by atoms with Crippen LogP contribution >= 0.6 is 11.6 Å². The van der Waals surface area contributed by atoms with E-state index in [1.165, 1.54) is 17.0 Å². The van der Waals surface area contributed by atoms with Crippen LogP contribution in [0.3, 0.4) is 0 Å². The standard InChI is InChI=1S/C15H16ClFN2O3/c16-10-3-4-12(11(17)6-10)18-14(22)19-7-9-2-1-5-15(9,8-19)13(20)21/h3-4,6,9H,1-2,5,7-8H2,(H,18,22)(H,20,21)/t9-,15+/m0/s1. The van der Waals surface area contributed by atoms with Gasteiger partial charge in [-0.2, -0.15) is 0 Å². The van der Waals surface area contributed by atoms with Crippen LogP contribution in [-0.4, -0.2) is 35.1 Å². The Bertz CT molecular complexity index is 639. The number of fused-ring (bicyclic) bond motifs is 1. The Kier molecular flexibility index (Phi) is 3.72. The molecule has 7 heteroatoms. The number of urea groups is 1. The smallest absolute Gasteiger partial charge is 0.321 e. The Labute approximate surface area is 132 Å². The summed E-state index contributed by atoms with van der Waals surface area (Å²) in [4.78, 5) is 25.3. The molecule has 1 aromatic rings. The fourth-order valence-electron chi connectivity index (χ4n) is 3.58. The third kappa shape index (κ3) is 2.41. The van der Waals surface area contributed by atoms with Gasteiger partial charge in [0.15, 0.2) is 0 Å². The zero-order valence-corrected chi connectivity index (χ0v) is 12.6. The SMILES string of the molecule is O=C(Nc1ccc(Cl)cc1F)N1C[C@@H]2CCC[C@@]2(C(=O)O)C1. The first-order valence-corrected chi connectivity index (χ1v) is 7.54. The van der Waals surface area contributed by atoms with Gasteiger partial charge in [-0.3, -0.25) is 4.79 Å². The van der Waals surface area contributed by atoms with E-state index in [9.17, 15) is 19.1 Å². The maximum atomic E-state index is 13.7. The third-order valence-corrected chi connectivity index (χ3v) is 4.99. The molecule has 3 rings (SSSR count). The number of benzene rings is 1. The number of aliphatic carboxylic acids is 1. The van der Waals surface area contributed by atoms with Crippen molar-refractivity contribution in [3.8, 4) is 0 Å². The van der Waals surface area contributed by atoms with Gasteiger partial charge in [0.1, 0.15) is 5.82 Å². The van der Waals surface area contributed by atoms with Crippen LogP contribution in [0.1, 0.15) is 19.3 Å². The van der Waals surface area contributed by atoms with Gasteiger partial charge in [-0.05, 0) is 37.0 Å². The maximum Gasteiger partial charge on any atom is 0.321 e. The Morgan fingerprint density at radius 2 is 2.23 bits per heavy atom. The van der Waals surface area contributed by atoms with Crippen LogP contribution in [0.5, 0.6) is 0 Å². The summed E-state index contributed by atoms with van der Waals surface area (Å²) >= 11 is 5.67. The minimum absolute atomic E-state index is 0.0224. The second-order valence-electron chi connectivity index (χ2n) is 5.99. The molecule has 0 bridgehead atoms. The highest BCUT2D eigenvalue weighted by Crippen LogP contribution is 2.48. The molecule has 0 unspecified atom stereocenters. The normalized spacial score (nSPS) is 26.8. The summed E-state index contributed by atoms with van der Waals surface area (Å²) in [6, 6.07) is 3.52. The first kappa shape index (κ1) is 15.1. The zero-order chi connectivity index (χ0) is 15.9. The lowest BCUT2D eigenvalue weighted by molar-refractivity contribution is -0.149. The van der Waals surface area contributed by atoms with Crippen molar-refractivity contribution in [3.63, 3.8) is 0 Å². The van der Waals surface area contributed by atoms with Gasteiger partial charge < -0.3 is 15.3 Å². The van der Waals surface area contributed by atoms with Crippen molar-refractivity contribution in [2.45, 2.75) is 19.3 Å². The summed E-state index contributed by atoms with van der Waals surface area (Å²) in [7, 11) is 0. The van der Waals surface area contributed by atoms with Crippen molar-refractivity contribution in [1.82, 2.24) is 4.90 Å². The van der Waals surface area contributed by atoms with Gasteiger partial charge in [0, 0.05) is 18.1 Å². The van der Waals surface area contributed by atoms with E-state index in [-0.39, 0.29) is 23.2 Å². The Hall–Kier alpha value is -1.82. The number of nitrogens with zero attached hydrogens (tertiary/aromatic N) is 1. The second kappa shape index (κ2) is 5.43. The molecule has 0 aromatic heterocycles. The van der Waals surface area contributed by atoms with Crippen molar-refractivity contribution < 1.29 is 19.1 Å². The maximum absolute atomic E-state index is 13.7. The summed E-state index contributed by atoms with van der Waals surface area (Å²) in [5, 5.41) is 12.2. The number of carbonyl (C=O) groups is 2. The van der Waals surface area contributed by atoms with E-state index in [0.717, 1.165) is 18.9 Å². The zero-order valence-electron chi connectivity index (χ0n) is 11.8. The molecule has 0 spiro atoms.